The van der Waals surface area contributed by atoms with Gasteiger partial charge in [0, 0.05) is 12.2 Å². The Bertz CT molecular complexity index is 725. The molecule has 21 heavy (non-hydrogen) atoms. The third-order valence-corrected chi connectivity index (χ3v) is 3.44. The number of aromatic nitrogens is 1. The van der Waals surface area contributed by atoms with E-state index in [1.165, 1.54) is 5.39 Å². The molecular weight excluding hydrogens is 260 g/mol. The number of nitrogens with zero attached hydrogens (tertiary/aromatic N) is 1. The Morgan fingerprint density at radius 3 is 2.43 bits per heavy atom. The maximum atomic E-state index is 6.08. The van der Waals surface area contributed by atoms with Crippen molar-refractivity contribution in [1.29, 1.82) is 0 Å². The van der Waals surface area contributed by atoms with E-state index < -0.39 is 0 Å². The number of fused-ring (bicyclic) bond motifs is 1. The van der Waals surface area contributed by atoms with Crippen molar-refractivity contribution >= 4 is 10.8 Å². The number of rotatable bonds is 4. The first kappa shape index (κ1) is 13.6. The Labute approximate surface area is 124 Å². The fourth-order valence-corrected chi connectivity index (χ4v) is 2.37. The molecule has 2 N–H and O–H groups in total. The summed E-state index contributed by atoms with van der Waals surface area (Å²) in [7, 11) is 0. The molecule has 0 spiro atoms. The van der Waals surface area contributed by atoms with Crippen LogP contribution in [0.4, 0.5) is 0 Å². The number of benzene rings is 2. The van der Waals surface area contributed by atoms with Gasteiger partial charge in [-0.1, -0.05) is 36.4 Å². The van der Waals surface area contributed by atoms with E-state index >= 15 is 0 Å². The van der Waals surface area contributed by atoms with Gasteiger partial charge in [0.15, 0.2) is 6.10 Å². The van der Waals surface area contributed by atoms with E-state index in [9.17, 15) is 0 Å². The second kappa shape index (κ2) is 5.94. The average Bonchev–Trinajstić information content (AvgIpc) is 2.53. The third-order valence-electron chi connectivity index (χ3n) is 3.44. The molecule has 0 amide bonds. The monoisotopic (exact) mass is 278 g/mol. The Morgan fingerprint density at radius 1 is 0.952 bits per heavy atom. The van der Waals surface area contributed by atoms with Crippen molar-refractivity contribution in [3.8, 4) is 5.75 Å². The zero-order chi connectivity index (χ0) is 14.7. The fraction of sp³-hybridized carbons (Fsp3) is 0.167. The minimum atomic E-state index is -0.257. The highest BCUT2D eigenvalue weighted by Crippen LogP contribution is 2.26. The molecular formula is C18H18N2O. The van der Waals surface area contributed by atoms with Gasteiger partial charge in [0.1, 0.15) is 5.75 Å². The van der Waals surface area contributed by atoms with Crippen LogP contribution in [0.25, 0.3) is 10.8 Å². The second-order valence-corrected chi connectivity index (χ2v) is 5.16. The van der Waals surface area contributed by atoms with E-state index in [0.29, 0.717) is 0 Å². The Balaban J connectivity index is 1.91. The largest absolute Gasteiger partial charge is 0.482 e. The van der Waals surface area contributed by atoms with Gasteiger partial charge in [-0.2, -0.15) is 0 Å². The number of hydrogen-bond acceptors (Lipinski definition) is 3. The molecule has 0 aliphatic heterocycles. The van der Waals surface area contributed by atoms with Crippen LogP contribution in [-0.2, 0) is 0 Å². The number of hydrogen-bond donors (Lipinski definition) is 1. The number of pyridine rings is 1. The Hall–Kier alpha value is -2.39. The van der Waals surface area contributed by atoms with E-state index in [0.717, 1.165) is 16.8 Å². The van der Waals surface area contributed by atoms with Crippen LogP contribution < -0.4 is 10.5 Å². The average molecular weight is 278 g/mol. The molecule has 0 radical (unpaired) electrons. The first-order chi connectivity index (χ1) is 10.2. The lowest BCUT2D eigenvalue weighted by molar-refractivity contribution is 0.176. The molecule has 0 fully saturated rings. The lowest BCUT2D eigenvalue weighted by Crippen LogP contribution is -2.29. The maximum Gasteiger partial charge on any atom is 0.155 e. The van der Waals surface area contributed by atoms with Crippen LogP contribution in [-0.4, -0.2) is 11.0 Å². The van der Waals surface area contributed by atoms with Gasteiger partial charge in [-0.3, -0.25) is 4.98 Å². The zero-order valence-electron chi connectivity index (χ0n) is 11.9. The van der Waals surface area contributed by atoms with E-state index in [1.807, 2.05) is 49.4 Å². The smallest absolute Gasteiger partial charge is 0.155 e. The molecule has 2 unspecified atom stereocenters. The van der Waals surface area contributed by atoms with Crippen LogP contribution in [0.2, 0.25) is 0 Å². The van der Waals surface area contributed by atoms with E-state index in [2.05, 4.69) is 23.2 Å². The van der Waals surface area contributed by atoms with Crippen molar-refractivity contribution in [2.24, 2.45) is 5.73 Å². The molecule has 3 nitrogen and oxygen atoms in total. The molecule has 0 saturated heterocycles. The zero-order valence-corrected chi connectivity index (χ0v) is 11.9. The van der Waals surface area contributed by atoms with Crippen molar-refractivity contribution in [3.63, 3.8) is 0 Å². The molecule has 2 atom stereocenters. The molecule has 0 aliphatic rings. The highest BCUT2D eigenvalue weighted by Gasteiger charge is 2.19. The standard InChI is InChI=1S/C18H18N2O/c1-13(19)18(17-8-4-5-11-20-17)21-16-10-9-14-6-2-3-7-15(14)12-16/h2-13,18H,19H2,1H3. The molecule has 3 aromatic rings. The van der Waals surface area contributed by atoms with Gasteiger partial charge in [0.2, 0.25) is 0 Å². The third kappa shape index (κ3) is 3.03. The molecule has 3 rings (SSSR count). The molecule has 0 bridgehead atoms. The van der Waals surface area contributed by atoms with Crippen LogP contribution >= 0.6 is 0 Å². The summed E-state index contributed by atoms with van der Waals surface area (Å²) in [6.07, 6.45) is 1.50. The van der Waals surface area contributed by atoms with Crippen molar-refractivity contribution < 1.29 is 4.74 Å². The fourth-order valence-electron chi connectivity index (χ4n) is 2.37. The normalized spacial score (nSPS) is 13.8. The maximum absolute atomic E-state index is 6.08. The van der Waals surface area contributed by atoms with Crippen molar-refractivity contribution in [2.75, 3.05) is 0 Å². The second-order valence-electron chi connectivity index (χ2n) is 5.16. The van der Waals surface area contributed by atoms with Crippen molar-refractivity contribution in [2.45, 2.75) is 19.1 Å². The Morgan fingerprint density at radius 2 is 1.71 bits per heavy atom. The van der Waals surface area contributed by atoms with Crippen LogP contribution in [0.1, 0.15) is 18.7 Å². The van der Waals surface area contributed by atoms with Gasteiger partial charge in [-0.05, 0) is 42.0 Å². The minimum Gasteiger partial charge on any atom is -0.482 e. The Kier molecular flexibility index (Phi) is 3.84. The highest BCUT2D eigenvalue weighted by atomic mass is 16.5. The topological polar surface area (TPSA) is 48.1 Å². The summed E-state index contributed by atoms with van der Waals surface area (Å²) in [4.78, 5) is 4.35. The van der Waals surface area contributed by atoms with Gasteiger partial charge < -0.3 is 10.5 Å². The van der Waals surface area contributed by atoms with Gasteiger partial charge in [0.05, 0.1) is 5.69 Å². The van der Waals surface area contributed by atoms with Crippen molar-refractivity contribution in [3.05, 3.63) is 72.6 Å². The molecule has 1 aromatic heterocycles. The molecule has 106 valence electrons. The minimum absolute atomic E-state index is 0.147. The van der Waals surface area contributed by atoms with Gasteiger partial charge in [-0.15, -0.1) is 0 Å². The van der Waals surface area contributed by atoms with Gasteiger partial charge in [-0.25, -0.2) is 0 Å². The van der Waals surface area contributed by atoms with Crippen LogP contribution in [0.3, 0.4) is 0 Å². The lowest BCUT2D eigenvalue weighted by atomic mass is 10.1. The molecule has 1 heterocycles. The highest BCUT2D eigenvalue weighted by molar-refractivity contribution is 5.83. The van der Waals surface area contributed by atoms with Gasteiger partial charge >= 0.3 is 0 Å². The summed E-state index contributed by atoms with van der Waals surface area (Å²) >= 11 is 0. The van der Waals surface area contributed by atoms with E-state index in [-0.39, 0.29) is 12.1 Å². The molecule has 0 saturated carbocycles. The van der Waals surface area contributed by atoms with Crippen LogP contribution in [0.5, 0.6) is 5.75 Å². The molecule has 0 aliphatic carbocycles. The summed E-state index contributed by atoms with van der Waals surface area (Å²) < 4.78 is 6.08. The summed E-state index contributed by atoms with van der Waals surface area (Å²) in [6, 6.07) is 19.9. The first-order valence-corrected chi connectivity index (χ1v) is 7.06. The van der Waals surface area contributed by atoms with Crippen molar-refractivity contribution in [1.82, 2.24) is 4.98 Å². The molecule has 2 aromatic carbocycles. The lowest BCUT2D eigenvalue weighted by Gasteiger charge is -2.22. The summed E-state index contributed by atoms with van der Waals surface area (Å²) in [6.45, 7) is 1.93. The predicted molar refractivity (Wildman–Crippen MR) is 85.2 cm³/mol. The quantitative estimate of drug-likeness (QED) is 0.791. The predicted octanol–water partition coefficient (Wildman–Crippen LogP) is 3.70. The number of nitrogens with two attached hydrogens (primary N) is 1. The van der Waals surface area contributed by atoms with Crippen LogP contribution in [0.15, 0.2) is 66.9 Å². The van der Waals surface area contributed by atoms with E-state index in [1.54, 1.807) is 6.20 Å². The first-order valence-electron chi connectivity index (χ1n) is 7.06. The number of ether oxygens (including phenoxy) is 1. The van der Waals surface area contributed by atoms with Gasteiger partial charge in [0.25, 0.3) is 0 Å². The van der Waals surface area contributed by atoms with Crippen LogP contribution in [0, 0.1) is 0 Å². The summed E-state index contributed by atoms with van der Waals surface area (Å²) in [5.41, 5.74) is 6.91. The van der Waals surface area contributed by atoms with E-state index in [4.69, 9.17) is 10.5 Å². The molecule has 3 heteroatoms. The summed E-state index contributed by atoms with van der Waals surface area (Å²) in [5.74, 6) is 0.807. The SMILES string of the molecule is CC(N)C(Oc1ccc2ccccc2c1)c1ccccn1. The summed E-state index contributed by atoms with van der Waals surface area (Å²) in [5, 5.41) is 2.35.